The zero-order chi connectivity index (χ0) is 11.3. The number of aryl methyl sites for hydroxylation is 1. The number of benzene rings is 1. The SMILES string of the molecule is CCC(Cl)CCCc1cc(F)ccc1Cl. The Bertz CT molecular complexity index is 312. The molecule has 0 heterocycles. The van der Waals surface area contributed by atoms with Crippen LogP contribution in [0, 0.1) is 5.82 Å². The maximum absolute atomic E-state index is 12.9. The first-order chi connectivity index (χ1) is 7.13. The summed E-state index contributed by atoms with van der Waals surface area (Å²) in [6, 6.07) is 4.48. The molecule has 0 N–H and O–H groups in total. The normalized spacial score (nSPS) is 12.8. The highest BCUT2D eigenvalue weighted by Crippen LogP contribution is 2.20. The fourth-order valence-corrected chi connectivity index (χ4v) is 1.82. The van der Waals surface area contributed by atoms with Crippen LogP contribution < -0.4 is 0 Å². The van der Waals surface area contributed by atoms with Crippen molar-refractivity contribution >= 4 is 23.2 Å². The van der Waals surface area contributed by atoms with E-state index in [1.807, 2.05) is 0 Å². The van der Waals surface area contributed by atoms with Gasteiger partial charge in [-0.25, -0.2) is 4.39 Å². The van der Waals surface area contributed by atoms with Gasteiger partial charge in [-0.15, -0.1) is 11.6 Å². The van der Waals surface area contributed by atoms with Gasteiger partial charge in [-0.05, 0) is 49.4 Å². The molecule has 0 amide bonds. The summed E-state index contributed by atoms with van der Waals surface area (Å²) in [6.45, 7) is 2.06. The molecule has 0 saturated heterocycles. The number of halogens is 3. The maximum atomic E-state index is 12.9. The lowest BCUT2D eigenvalue weighted by atomic mass is 10.1. The van der Waals surface area contributed by atoms with E-state index in [2.05, 4.69) is 6.92 Å². The Morgan fingerprint density at radius 3 is 2.80 bits per heavy atom. The quantitative estimate of drug-likeness (QED) is 0.656. The van der Waals surface area contributed by atoms with E-state index >= 15 is 0 Å². The molecule has 0 fully saturated rings. The van der Waals surface area contributed by atoms with Crippen molar-refractivity contribution in [2.24, 2.45) is 0 Å². The molecule has 0 nitrogen and oxygen atoms in total. The number of alkyl halides is 1. The molecule has 0 aliphatic carbocycles. The molecule has 0 spiro atoms. The van der Waals surface area contributed by atoms with Gasteiger partial charge in [0, 0.05) is 10.4 Å². The topological polar surface area (TPSA) is 0 Å². The van der Waals surface area contributed by atoms with Crippen LogP contribution in [0.2, 0.25) is 5.02 Å². The molecule has 0 aliphatic rings. The van der Waals surface area contributed by atoms with Crippen LogP contribution in [0.3, 0.4) is 0 Å². The van der Waals surface area contributed by atoms with Gasteiger partial charge in [0.1, 0.15) is 5.82 Å². The average Bonchev–Trinajstić information content (AvgIpc) is 2.23. The van der Waals surface area contributed by atoms with Gasteiger partial charge < -0.3 is 0 Å². The Hall–Kier alpha value is -0.270. The van der Waals surface area contributed by atoms with Crippen LogP contribution in [-0.4, -0.2) is 5.38 Å². The lowest BCUT2D eigenvalue weighted by Gasteiger charge is -2.07. The van der Waals surface area contributed by atoms with Crippen LogP contribution in [0.1, 0.15) is 31.7 Å². The molecular weight excluding hydrogens is 234 g/mol. The second-order valence-electron chi connectivity index (χ2n) is 3.63. The van der Waals surface area contributed by atoms with Gasteiger partial charge in [0.15, 0.2) is 0 Å². The van der Waals surface area contributed by atoms with E-state index in [4.69, 9.17) is 23.2 Å². The molecule has 1 unspecified atom stereocenters. The van der Waals surface area contributed by atoms with E-state index in [1.54, 1.807) is 6.07 Å². The largest absolute Gasteiger partial charge is 0.207 e. The number of hydrogen-bond acceptors (Lipinski definition) is 0. The summed E-state index contributed by atoms with van der Waals surface area (Å²) in [5.74, 6) is -0.229. The van der Waals surface area contributed by atoms with Crippen molar-refractivity contribution < 1.29 is 4.39 Å². The van der Waals surface area contributed by atoms with E-state index in [0.717, 1.165) is 31.2 Å². The molecule has 0 radical (unpaired) electrons. The van der Waals surface area contributed by atoms with Gasteiger partial charge in [-0.3, -0.25) is 0 Å². The van der Waals surface area contributed by atoms with Crippen LogP contribution in [0.4, 0.5) is 4.39 Å². The second-order valence-corrected chi connectivity index (χ2v) is 4.66. The molecule has 15 heavy (non-hydrogen) atoms. The van der Waals surface area contributed by atoms with E-state index in [-0.39, 0.29) is 11.2 Å². The predicted molar refractivity (Wildman–Crippen MR) is 64.3 cm³/mol. The number of rotatable bonds is 5. The maximum Gasteiger partial charge on any atom is 0.123 e. The summed E-state index contributed by atoms with van der Waals surface area (Å²) in [7, 11) is 0. The van der Waals surface area contributed by atoms with Gasteiger partial charge in [0.25, 0.3) is 0 Å². The fraction of sp³-hybridized carbons (Fsp3) is 0.500. The van der Waals surface area contributed by atoms with E-state index in [0.29, 0.717) is 5.02 Å². The molecular formula is C12H15Cl2F. The van der Waals surface area contributed by atoms with Crippen molar-refractivity contribution in [3.05, 3.63) is 34.6 Å². The minimum Gasteiger partial charge on any atom is -0.207 e. The first-order valence-corrected chi connectivity index (χ1v) is 6.03. The predicted octanol–water partition coefficient (Wildman–Crippen LogP) is 4.82. The van der Waals surface area contributed by atoms with Crippen molar-refractivity contribution in [1.82, 2.24) is 0 Å². The minimum atomic E-state index is -0.229. The summed E-state index contributed by atoms with van der Waals surface area (Å²) >= 11 is 11.9. The van der Waals surface area contributed by atoms with Crippen LogP contribution >= 0.6 is 23.2 Å². The average molecular weight is 249 g/mol. The standard InChI is InChI=1S/C12H15Cl2F/c1-2-10(13)5-3-4-9-8-11(15)6-7-12(9)14/h6-8,10H,2-5H2,1H3. The molecule has 0 aromatic heterocycles. The molecule has 1 atom stereocenters. The number of hydrogen-bond donors (Lipinski definition) is 0. The van der Waals surface area contributed by atoms with E-state index in [1.165, 1.54) is 12.1 Å². The summed E-state index contributed by atoms with van der Waals surface area (Å²) in [5.41, 5.74) is 0.872. The van der Waals surface area contributed by atoms with Crippen molar-refractivity contribution in [2.75, 3.05) is 0 Å². The summed E-state index contributed by atoms with van der Waals surface area (Å²) in [6.07, 6.45) is 3.66. The van der Waals surface area contributed by atoms with Crippen molar-refractivity contribution in [3.63, 3.8) is 0 Å². The first-order valence-electron chi connectivity index (χ1n) is 5.21. The lowest BCUT2D eigenvalue weighted by Crippen LogP contribution is -1.97. The Labute approximate surface area is 100 Å². The van der Waals surface area contributed by atoms with Crippen LogP contribution in [0.25, 0.3) is 0 Å². The zero-order valence-electron chi connectivity index (χ0n) is 8.77. The molecule has 1 rings (SSSR count). The Kier molecular flexibility index (Phi) is 5.41. The molecule has 84 valence electrons. The molecule has 0 saturated carbocycles. The second kappa shape index (κ2) is 6.34. The molecule has 1 aromatic rings. The molecule has 3 heteroatoms. The van der Waals surface area contributed by atoms with Crippen LogP contribution in [-0.2, 0) is 6.42 Å². The fourth-order valence-electron chi connectivity index (χ4n) is 1.45. The van der Waals surface area contributed by atoms with Gasteiger partial charge in [-0.1, -0.05) is 18.5 Å². The summed E-state index contributed by atoms with van der Waals surface area (Å²) in [4.78, 5) is 0. The lowest BCUT2D eigenvalue weighted by molar-refractivity contribution is 0.622. The van der Waals surface area contributed by atoms with Crippen LogP contribution in [0.15, 0.2) is 18.2 Å². The third kappa shape index (κ3) is 4.40. The third-order valence-corrected chi connectivity index (χ3v) is 3.31. The monoisotopic (exact) mass is 248 g/mol. The van der Waals surface area contributed by atoms with E-state index in [9.17, 15) is 4.39 Å². The van der Waals surface area contributed by atoms with Gasteiger partial charge in [-0.2, -0.15) is 0 Å². The summed E-state index contributed by atoms with van der Waals surface area (Å²) in [5, 5.41) is 0.858. The minimum absolute atomic E-state index is 0.220. The first kappa shape index (κ1) is 12.8. The molecule has 0 aliphatic heterocycles. The highest BCUT2D eigenvalue weighted by atomic mass is 35.5. The zero-order valence-corrected chi connectivity index (χ0v) is 10.3. The Morgan fingerprint density at radius 1 is 1.40 bits per heavy atom. The van der Waals surface area contributed by atoms with Crippen molar-refractivity contribution in [2.45, 2.75) is 38.0 Å². The highest BCUT2D eigenvalue weighted by molar-refractivity contribution is 6.31. The highest BCUT2D eigenvalue weighted by Gasteiger charge is 2.04. The van der Waals surface area contributed by atoms with Gasteiger partial charge in [0.2, 0.25) is 0 Å². The smallest absolute Gasteiger partial charge is 0.123 e. The van der Waals surface area contributed by atoms with Gasteiger partial charge in [0.05, 0.1) is 0 Å². The molecule has 0 bridgehead atoms. The van der Waals surface area contributed by atoms with Crippen molar-refractivity contribution in [3.8, 4) is 0 Å². The summed E-state index contributed by atoms with van der Waals surface area (Å²) < 4.78 is 12.9. The Balaban J connectivity index is 2.46. The van der Waals surface area contributed by atoms with Gasteiger partial charge >= 0.3 is 0 Å². The Morgan fingerprint density at radius 2 is 2.13 bits per heavy atom. The van der Waals surface area contributed by atoms with Crippen molar-refractivity contribution in [1.29, 1.82) is 0 Å². The van der Waals surface area contributed by atoms with Crippen LogP contribution in [0.5, 0.6) is 0 Å². The van der Waals surface area contributed by atoms with E-state index < -0.39 is 0 Å². The molecule has 1 aromatic carbocycles. The third-order valence-electron chi connectivity index (χ3n) is 2.41.